The van der Waals surface area contributed by atoms with Crippen molar-refractivity contribution in [3.8, 4) is 0 Å². The lowest BCUT2D eigenvalue weighted by Gasteiger charge is -2.40. The van der Waals surface area contributed by atoms with Crippen molar-refractivity contribution in [3.05, 3.63) is 0 Å². The highest BCUT2D eigenvalue weighted by Gasteiger charge is 2.66. The Bertz CT molecular complexity index is 944. The molecule has 2 heterocycles. The van der Waals surface area contributed by atoms with Gasteiger partial charge in [0.05, 0.1) is 29.3 Å². The number of ether oxygens (including phenoxy) is 4. The maximum atomic E-state index is 12.4. The standard InChI is InChI=1S/C17H26O4.C13H22O4/c1-6-16(2,3)15(19)21-17(4,5)13-9-7-10-11(8-9)20-14(18)12(10)13;1-6-12(2,3)11(15)17-13(4,5)9-7-8-16-10(9)14/h9-13H,6-8H2,1-5H3;9H,6-8H2,1-5H3. The Morgan fingerprint density at radius 3 is 1.82 bits per heavy atom. The van der Waals surface area contributed by atoms with Crippen LogP contribution in [0.1, 0.15) is 101 Å². The monoisotopic (exact) mass is 536 g/mol. The summed E-state index contributed by atoms with van der Waals surface area (Å²) in [6.07, 6.45) is 4.18. The quantitative estimate of drug-likeness (QED) is 0.306. The molecule has 0 radical (unpaired) electrons. The van der Waals surface area contributed by atoms with E-state index in [1.165, 1.54) is 0 Å². The third-order valence-electron chi connectivity index (χ3n) is 9.64. The molecule has 6 unspecified atom stereocenters. The number of carbonyl (C=O) groups excluding carboxylic acids is 4. The zero-order valence-electron chi connectivity index (χ0n) is 25.0. The van der Waals surface area contributed by atoms with Crippen molar-refractivity contribution in [2.45, 2.75) is 119 Å². The molecule has 0 N–H and O–H groups in total. The van der Waals surface area contributed by atoms with Gasteiger partial charge in [-0.15, -0.1) is 0 Å². The van der Waals surface area contributed by atoms with Gasteiger partial charge in [-0.25, -0.2) is 0 Å². The maximum Gasteiger partial charge on any atom is 0.313 e. The molecule has 4 rings (SSSR count). The number of cyclic esters (lactones) is 1. The first-order valence-electron chi connectivity index (χ1n) is 14.2. The van der Waals surface area contributed by atoms with Crippen LogP contribution in [0.4, 0.5) is 0 Å². The molecule has 0 spiro atoms. The molecule has 38 heavy (non-hydrogen) atoms. The van der Waals surface area contributed by atoms with Crippen LogP contribution >= 0.6 is 0 Å². The van der Waals surface area contributed by atoms with Gasteiger partial charge in [-0.05, 0) is 93.4 Å². The lowest BCUT2D eigenvalue weighted by atomic mass is 9.71. The first-order chi connectivity index (χ1) is 17.4. The third kappa shape index (κ3) is 5.74. The third-order valence-corrected chi connectivity index (χ3v) is 9.64. The molecule has 4 fully saturated rings. The number of carbonyl (C=O) groups is 4. The van der Waals surface area contributed by atoms with Crippen LogP contribution in [0.2, 0.25) is 0 Å². The second-order valence-corrected chi connectivity index (χ2v) is 13.9. The molecule has 0 aromatic rings. The largest absolute Gasteiger partial charge is 0.465 e. The molecule has 0 aromatic carbocycles. The minimum Gasteiger partial charge on any atom is -0.465 e. The maximum absolute atomic E-state index is 12.4. The topological polar surface area (TPSA) is 105 Å². The zero-order valence-corrected chi connectivity index (χ0v) is 25.0. The van der Waals surface area contributed by atoms with Crippen molar-refractivity contribution < 1.29 is 38.1 Å². The molecule has 0 aromatic heterocycles. The number of hydrogen-bond acceptors (Lipinski definition) is 8. The van der Waals surface area contributed by atoms with Gasteiger partial charge in [-0.2, -0.15) is 0 Å². The lowest BCUT2D eigenvalue weighted by molar-refractivity contribution is -0.178. The molecule has 2 saturated heterocycles. The molecule has 2 bridgehead atoms. The normalized spacial score (nSPS) is 30.4. The van der Waals surface area contributed by atoms with Gasteiger partial charge < -0.3 is 18.9 Å². The van der Waals surface area contributed by atoms with E-state index >= 15 is 0 Å². The average molecular weight is 537 g/mol. The van der Waals surface area contributed by atoms with Crippen molar-refractivity contribution in [3.63, 3.8) is 0 Å². The van der Waals surface area contributed by atoms with Crippen LogP contribution in [0.5, 0.6) is 0 Å². The van der Waals surface area contributed by atoms with Crippen LogP contribution in [-0.4, -0.2) is 47.8 Å². The van der Waals surface area contributed by atoms with Crippen LogP contribution < -0.4 is 0 Å². The van der Waals surface area contributed by atoms with Crippen LogP contribution in [0.3, 0.4) is 0 Å². The highest BCUT2D eigenvalue weighted by molar-refractivity contribution is 5.79. The fraction of sp³-hybridized carbons (Fsp3) is 0.867. The van der Waals surface area contributed by atoms with E-state index in [0.29, 0.717) is 31.3 Å². The Morgan fingerprint density at radius 1 is 0.816 bits per heavy atom. The summed E-state index contributed by atoms with van der Waals surface area (Å²) in [6, 6.07) is 0. The summed E-state index contributed by atoms with van der Waals surface area (Å²) in [7, 11) is 0. The van der Waals surface area contributed by atoms with E-state index in [-0.39, 0.29) is 47.7 Å². The Labute approximate surface area is 227 Å². The summed E-state index contributed by atoms with van der Waals surface area (Å²) in [5.41, 5.74) is -2.40. The van der Waals surface area contributed by atoms with E-state index in [4.69, 9.17) is 18.9 Å². The number of esters is 4. The Morgan fingerprint density at radius 2 is 1.34 bits per heavy atom. The molecule has 8 nitrogen and oxygen atoms in total. The number of hydrogen-bond donors (Lipinski definition) is 0. The van der Waals surface area contributed by atoms with Crippen molar-refractivity contribution >= 4 is 23.9 Å². The molecule has 0 amide bonds. The van der Waals surface area contributed by atoms with Crippen molar-refractivity contribution in [1.29, 1.82) is 0 Å². The van der Waals surface area contributed by atoms with Crippen LogP contribution in [-0.2, 0) is 38.1 Å². The Kier molecular flexibility index (Phi) is 8.37. The summed E-state index contributed by atoms with van der Waals surface area (Å²) < 4.78 is 21.8. The Balaban J connectivity index is 0.000000216. The minimum atomic E-state index is -0.795. The second kappa shape index (κ2) is 10.5. The van der Waals surface area contributed by atoms with Gasteiger partial charge in [0, 0.05) is 11.8 Å². The van der Waals surface area contributed by atoms with E-state index in [9.17, 15) is 19.2 Å². The molecule has 8 heteroatoms. The highest BCUT2D eigenvalue weighted by Crippen LogP contribution is 2.61. The highest BCUT2D eigenvalue weighted by atomic mass is 16.6. The minimum absolute atomic E-state index is 0.0683. The SMILES string of the molecule is CCC(C)(C)C(=O)OC(C)(C)C1C2CC3OC(=O)C1C3C2.CCC(C)(C)C(=O)OC(C)(C)C1CCOC1=O. The summed E-state index contributed by atoms with van der Waals surface area (Å²) in [6.45, 7) is 19.3. The predicted octanol–water partition coefficient (Wildman–Crippen LogP) is 5.25. The number of rotatable bonds is 8. The summed E-state index contributed by atoms with van der Waals surface area (Å²) in [5.74, 6) is -0.282. The Hall–Kier alpha value is -2.12. The van der Waals surface area contributed by atoms with E-state index in [2.05, 4.69) is 0 Å². The zero-order chi connectivity index (χ0) is 28.8. The molecule has 216 valence electrons. The van der Waals surface area contributed by atoms with Gasteiger partial charge in [-0.1, -0.05) is 13.8 Å². The molecule has 2 saturated carbocycles. The van der Waals surface area contributed by atoms with Crippen molar-refractivity contribution in [1.82, 2.24) is 0 Å². The van der Waals surface area contributed by atoms with Gasteiger partial charge in [0.1, 0.15) is 17.3 Å². The average Bonchev–Trinajstić information content (AvgIpc) is 3.55. The van der Waals surface area contributed by atoms with Gasteiger partial charge in [0.2, 0.25) is 0 Å². The van der Waals surface area contributed by atoms with Crippen molar-refractivity contribution in [2.75, 3.05) is 6.61 Å². The molecular formula is C30H48O8. The molecular weight excluding hydrogens is 488 g/mol. The van der Waals surface area contributed by atoms with Gasteiger partial charge in [0.25, 0.3) is 0 Å². The van der Waals surface area contributed by atoms with E-state index in [0.717, 1.165) is 19.3 Å². The van der Waals surface area contributed by atoms with Crippen LogP contribution in [0.15, 0.2) is 0 Å². The van der Waals surface area contributed by atoms with Gasteiger partial charge in [0.15, 0.2) is 0 Å². The number of fused-ring (bicyclic) bond motifs is 1. The first kappa shape index (κ1) is 30.4. The van der Waals surface area contributed by atoms with Gasteiger partial charge >= 0.3 is 23.9 Å². The lowest BCUT2D eigenvalue weighted by Crippen LogP contribution is -2.46. The molecule has 4 aliphatic rings. The van der Waals surface area contributed by atoms with Crippen LogP contribution in [0, 0.1) is 40.4 Å². The summed E-state index contributed by atoms with van der Waals surface area (Å²) in [4.78, 5) is 48.1. The van der Waals surface area contributed by atoms with Crippen molar-refractivity contribution in [2.24, 2.45) is 40.4 Å². The van der Waals surface area contributed by atoms with Crippen LogP contribution in [0.25, 0.3) is 0 Å². The molecule has 6 atom stereocenters. The first-order valence-corrected chi connectivity index (χ1v) is 14.2. The van der Waals surface area contributed by atoms with E-state index in [1.54, 1.807) is 13.8 Å². The smallest absolute Gasteiger partial charge is 0.313 e. The summed E-state index contributed by atoms with van der Waals surface area (Å²) >= 11 is 0. The fourth-order valence-electron chi connectivity index (χ4n) is 6.30. The predicted molar refractivity (Wildman–Crippen MR) is 141 cm³/mol. The molecule has 2 aliphatic carbocycles. The van der Waals surface area contributed by atoms with E-state index in [1.807, 2.05) is 55.4 Å². The van der Waals surface area contributed by atoms with E-state index < -0.39 is 22.0 Å². The second-order valence-electron chi connectivity index (χ2n) is 13.9. The molecule has 2 aliphatic heterocycles. The summed E-state index contributed by atoms with van der Waals surface area (Å²) in [5, 5.41) is 0. The van der Waals surface area contributed by atoms with Gasteiger partial charge in [-0.3, -0.25) is 19.2 Å². The fourth-order valence-corrected chi connectivity index (χ4v) is 6.30.